The zero-order valence-corrected chi connectivity index (χ0v) is 12.7. The van der Waals surface area contributed by atoms with Gasteiger partial charge in [0, 0.05) is 25.1 Å². The van der Waals surface area contributed by atoms with Gasteiger partial charge in [0.25, 0.3) is 11.5 Å². The van der Waals surface area contributed by atoms with Crippen LogP contribution in [0.25, 0.3) is 0 Å². The van der Waals surface area contributed by atoms with Gasteiger partial charge in [-0.25, -0.2) is 9.97 Å². The summed E-state index contributed by atoms with van der Waals surface area (Å²) in [5.74, 6) is -0.0225. The van der Waals surface area contributed by atoms with Crippen LogP contribution in [-0.4, -0.2) is 20.4 Å². The van der Waals surface area contributed by atoms with Crippen LogP contribution in [0.15, 0.2) is 23.3 Å². The smallest absolute Gasteiger partial charge is 0.263 e. The summed E-state index contributed by atoms with van der Waals surface area (Å²) in [5.41, 5.74) is 1.49. The minimum atomic E-state index is -0.447. The molecule has 110 valence electrons. The molecule has 6 nitrogen and oxygen atoms in total. The first-order valence-corrected chi connectivity index (χ1v) is 6.70. The number of carbonyl (C=O) groups excluding carboxylic acids is 1. The van der Waals surface area contributed by atoms with E-state index in [2.05, 4.69) is 15.3 Å². The number of rotatable bonds is 3. The summed E-state index contributed by atoms with van der Waals surface area (Å²) in [7, 11) is 1.64. The van der Waals surface area contributed by atoms with Crippen LogP contribution in [0, 0.1) is 13.8 Å². The maximum Gasteiger partial charge on any atom is 0.263 e. The molecule has 0 saturated carbocycles. The fourth-order valence-corrected chi connectivity index (χ4v) is 1.93. The Balaban J connectivity index is 2.18. The average molecular weight is 307 g/mol. The van der Waals surface area contributed by atoms with E-state index in [-0.39, 0.29) is 17.7 Å². The molecule has 0 unspecified atom stereocenters. The number of nitrogens with zero attached hydrogens (tertiary/aromatic N) is 3. The van der Waals surface area contributed by atoms with E-state index in [1.165, 1.54) is 17.0 Å². The molecule has 0 saturated heterocycles. The molecule has 0 radical (unpaired) electrons. The Morgan fingerprint density at radius 2 is 1.95 bits per heavy atom. The topological polar surface area (TPSA) is 76.9 Å². The lowest BCUT2D eigenvalue weighted by Crippen LogP contribution is -2.33. The second kappa shape index (κ2) is 6.05. The molecular formula is C14H15ClN4O2. The van der Waals surface area contributed by atoms with Gasteiger partial charge in [0.1, 0.15) is 11.4 Å². The van der Waals surface area contributed by atoms with Crippen LogP contribution in [-0.2, 0) is 13.6 Å². The molecule has 0 aromatic carbocycles. The lowest BCUT2D eigenvalue weighted by molar-refractivity contribution is 0.0947. The number of amides is 1. The SMILES string of the molecule is Cc1cc(C(=O)NCc2ncc(Cl)cn2)c(=O)n(C)c1C. The highest BCUT2D eigenvalue weighted by atomic mass is 35.5. The number of nitrogens with one attached hydrogen (secondary N) is 1. The fourth-order valence-electron chi connectivity index (χ4n) is 1.83. The van der Waals surface area contributed by atoms with Crippen molar-refractivity contribution in [1.29, 1.82) is 0 Å². The van der Waals surface area contributed by atoms with E-state index in [4.69, 9.17) is 11.6 Å². The number of halogens is 1. The van der Waals surface area contributed by atoms with Gasteiger partial charge in [-0.05, 0) is 25.5 Å². The summed E-state index contributed by atoms with van der Waals surface area (Å²) < 4.78 is 1.46. The second-order valence-corrected chi connectivity index (χ2v) is 5.13. The highest BCUT2D eigenvalue weighted by Gasteiger charge is 2.14. The Labute approximate surface area is 126 Å². The molecular weight excluding hydrogens is 292 g/mol. The van der Waals surface area contributed by atoms with Crippen molar-refractivity contribution in [3.8, 4) is 0 Å². The maximum atomic E-state index is 12.1. The summed E-state index contributed by atoms with van der Waals surface area (Å²) in [6.07, 6.45) is 2.90. The van der Waals surface area contributed by atoms with Crippen molar-refractivity contribution in [2.75, 3.05) is 0 Å². The summed E-state index contributed by atoms with van der Waals surface area (Å²) >= 11 is 5.68. The first-order chi connectivity index (χ1) is 9.90. The van der Waals surface area contributed by atoms with Crippen LogP contribution in [0.3, 0.4) is 0 Å². The highest BCUT2D eigenvalue weighted by Crippen LogP contribution is 2.06. The number of carbonyl (C=O) groups is 1. The van der Waals surface area contributed by atoms with Crippen molar-refractivity contribution in [3.63, 3.8) is 0 Å². The van der Waals surface area contributed by atoms with Gasteiger partial charge in [-0.1, -0.05) is 11.6 Å². The first kappa shape index (κ1) is 15.2. The predicted octanol–water partition coefficient (Wildman–Crippen LogP) is 1.38. The number of hydrogen-bond donors (Lipinski definition) is 1. The van der Waals surface area contributed by atoms with Gasteiger partial charge in [-0.3, -0.25) is 9.59 Å². The van der Waals surface area contributed by atoms with Gasteiger partial charge in [-0.15, -0.1) is 0 Å². The van der Waals surface area contributed by atoms with E-state index in [1.807, 2.05) is 13.8 Å². The van der Waals surface area contributed by atoms with Crippen molar-refractivity contribution in [2.24, 2.45) is 7.05 Å². The molecule has 0 fully saturated rings. The molecule has 1 amide bonds. The van der Waals surface area contributed by atoms with Crippen LogP contribution in [0.2, 0.25) is 5.02 Å². The monoisotopic (exact) mass is 306 g/mol. The van der Waals surface area contributed by atoms with Crippen molar-refractivity contribution in [1.82, 2.24) is 19.9 Å². The summed E-state index contributed by atoms with van der Waals surface area (Å²) in [5, 5.41) is 3.05. The lowest BCUT2D eigenvalue weighted by atomic mass is 10.1. The minimum absolute atomic E-state index is 0.106. The van der Waals surface area contributed by atoms with Crippen LogP contribution >= 0.6 is 11.6 Å². The summed E-state index contributed by atoms with van der Waals surface area (Å²) in [6, 6.07) is 1.59. The minimum Gasteiger partial charge on any atom is -0.345 e. The largest absolute Gasteiger partial charge is 0.345 e. The molecule has 7 heteroatoms. The van der Waals surface area contributed by atoms with Gasteiger partial charge in [-0.2, -0.15) is 0 Å². The number of aromatic nitrogens is 3. The standard InChI is InChI=1S/C14H15ClN4O2/c1-8-4-11(14(21)19(3)9(8)2)13(20)18-7-12-16-5-10(15)6-17-12/h4-6H,7H2,1-3H3,(H,18,20). The number of hydrogen-bond acceptors (Lipinski definition) is 4. The van der Waals surface area contributed by atoms with Gasteiger partial charge >= 0.3 is 0 Å². The van der Waals surface area contributed by atoms with Crippen LogP contribution in [0.4, 0.5) is 0 Å². The summed E-state index contributed by atoms with van der Waals surface area (Å²) in [6.45, 7) is 3.82. The van der Waals surface area contributed by atoms with Crippen LogP contribution < -0.4 is 10.9 Å². The third-order valence-electron chi connectivity index (χ3n) is 3.30. The van der Waals surface area contributed by atoms with Gasteiger partial charge in [0.05, 0.1) is 11.6 Å². The second-order valence-electron chi connectivity index (χ2n) is 4.69. The Kier molecular flexibility index (Phi) is 4.37. The first-order valence-electron chi connectivity index (χ1n) is 6.32. The van der Waals surface area contributed by atoms with Crippen molar-refractivity contribution < 1.29 is 4.79 Å². The fraction of sp³-hybridized carbons (Fsp3) is 0.286. The zero-order valence-electron chi connectivity index (χ0n) is 12.0. The van der Waals surface area contributed by atoms with Gasteiger partial charge < -0.3 is 9.88 Å². The third-order valence-corrected chi connectivity index (χ3v) is 3.49. The van der Waals surface area contributed by atoms with Crippen molar-refractivity contribution in [3.05, 3.63) is 56.5 Å². The summed E-state index contributed by atoms with van der Waals surface area (Å²) in [4.78, 5) is 32.2. The zero-order chi connectivity index (χ0) is 15.6. The molecule has 2 aromatic heterocycles. The van der Waals surface area contributed by atoms with Crippen molar-refractivity contribution in [2.45, 2.75) is 20.4 Å². The van der Waals surface area contributed by atoms with Crippen LogP contribution in [0.5, 0.6) is 0 Å². The predicted molar refractivity (Wildman–Crippen MR) is 79.4 cm³/mol. The van der Waals surface area contributed by atoms with E-state index in [1.54, 1.807) is 13.1 Å². The molecule has 0 bridgehead atoms. The van der Waals surface area contributed by atoms with Crippen LogP contribution in [0.1, 0.15) is 27.4 Å². The van der Waals surface area contributed by atoms with Crippen molar-refractivity contribution >= 4 is 17.5 Å². The normalized spacial score (nSPS) is 10.5. The Morgan fingerprint density at radius 3 is 2.57 bits per heavy atom. The van der Waals surface area contributed by atoms with Gasteiger partial charge in [0.15, 0.2) is 0 Å². The third kappa shape index (κ3) is 3.28. The molecule has 2 heterocycles. The number of pyridine rings is 1. The van der Waals surface area contributed by atoms with E-state index in [0.717, 1.165) is 11.3 Å². The quantitative estimate of drug-likeness (QED) is 0.929. The average Bonchev–Trinajstić information content (AvgIpc) is 2.48. The molecule has 21 heavy (non-hydrogen) atoms. The Hall–Kier alpha value is -2.21. The number of aryl methyl sites for hydroxylation is 1. The highest BCUT2D eigenvalue weighted by molar-refractivity contribution is 6.30. The molecule has 1 N–H and O–H groups in total. The molecule has 2 rings (SSSR count). The maximum absolute atomic E-state index is 12.1. The van der Waals surface area contributed by atoms with E-state index >= 15 is 0 Å². The molecule has 0 spiro atoms. The molecule has 0 aliphatic carbocycles. The molecule has 2 aromatic rings. The molecule has 0 aliphatic heterocycles. The van der Waals surface area contributed by atoms with E-state index < -0.39 is 5.91 Å². The molecule has 0 atom stereocenters. The van der Waals surface area contributed by atoms with E-state index in [9.17, 15) is 9.59 Å². The van der Waals surface area contributed by atoms with E-state index in [0.29, 0.717) is 10.8 Å². The Morgan fingerprint density at radius 1 is 1.33 bits per heavy atom. The Bertz CT molecular complexity index is 738. The molecule has 0 aliphatic rings. The van der Waals surface area contributed by atoms with Gasteiger partial charge in [0.2, 0.25) is 0 Å². The lowest BCUT2D eigenvalue weighted by Gasteiger charge is -2.10.